The first-order valence-electron chi connectivity index (χ1n) is 7.66. The number of fused-ring (bicyclic) bond motifs is 1. The lowest BCUT2D eigenvalue weighted by molar-refractivity contribution is 0.687. The van der Waals surface area contributed by atoms with E-state index in [0.717, 1.165) is 24.5 Å². The Hall–Kier alpha value is -1.77. The summed E-state index contributed by atoms with van der Waals surface area (Å²) in [5.41, 5.74) is 6.49. The van der Waals surface area contributed by atoms with Crippen LogP contribution in [0.2, 0.25) is 5.02 Å². The number of hydrogen-bond acceptors (Lipinski definition) is 1. The van der Waals surface area contributed by atoms with Gasteiger partial charge >= 0.3 is 0 Å². The van der Waals surface area contributed by atoms with E-state index in [0.29, 0.717) is 0 Å². The number of halogens is 1. The van der Waals surface area contributed by atoms with Gasteiger partial charge in [0.25, 0.3) is 0 Å². The van der Waals surface area contributed by atoms with Gasteiger partial charge in [-0.15, -0.1) is 0 Å². The van der Waals surface area contributed by atoms with Gasteiger partial charge in [0.1, 0.15) is 0 Å². The topological polar surface area (TPSA) is 27.8 Å². The monoisotopic (exact) mass is 312 g/mol. The highest BCUT2D eigenvalue weighted by Crippen LogP contribution is 2.23. The molecule has 0 radical (unpaired) electrons. The number of benzene rings is 2. The van der Waals surface area contributed by atoms with E-state index in [1.54, 1.807) is 0 Å². The summed E-state index contributed by atoms with van der Waals surface area (Å²) in [7, 11) is 0. The van der Waals surface area contributed by atoms with Crippen LogP contribution in [-0.2, 0) is 13.0 Å². The molecule has 2 nitrogen and oxygen atoms in total. The predicted octanol–water partition coefficient (Wildman–Crippen LogP) is 4.77. The molecule has 0 atom stereocenters. The molecule has 0 fully saturated rings. The van der Waals surface area contributed by atoms with Crippen LogP contribution in [0.3, 0.4) is 0 Å². The van der Waals surface area contributed by atoms with E-state index in [9.17, 15) is 0 Å². The minimum absolute atomic E-state index is 0.786. The minimum atomic E-state index is 0.786. The summed E-state index contributed by atoms with van der Waals surface area (Å²) in [6, 6.07) is 14.6. The summed E-state index contributed by atoms with van der Waals surface area (Å²) in [6.07, 6.45) is 1.03. The molecule has 3 aromatic rings. The third-order valence-electron chi connectivity index (χ3n) is 4.07. The third kappa shape index (κ3) is 3.34. The van der Waals surface area contributed by atoms with E-state index in [4.69, 9.17) is 11.6 Å². The Morgan fingerprint density at radius 2 is 1.82 bits per heavy atom. The van der Waals surface area contributed by atoms with Crippen molar-refractivity contribution in [1.29, 1.82) is 0 Å². The fourth-order valence-electron chi connectivity index (χ4n) is 2.87. The molecule has 2 N–H and O–H groups in total. The van der Waals surface area contributed by atoms with Gasteiger partial charge in [-0.2, -0.15) is 0 Å². The highest BCUT2D eigenvalue weighted by Gasteiger charge is 2.08. The van der Waals surface area contributed by atoms with Gasteiger partial charge in [-0.3, -0.25) is 0 Å². The zero-order chi connectivity index (χ0) is 15.5. The first-order chi connectivity index (χ1) is 10.6. The Morgan fingerprint density at radius 1 is 1.05 bits per heavy atom. The molecule has 2 aromatic carbocycles. The van der Waals surface area contributed by atoms with Crippen LogP contribution >= 0.6 is 11.6 Å². The molecular formula is C19H21ClN2. The molecule has 114 valence electrons. The fraction of sp³-hybridized carbons (Fsp3) is 0.263. The molecule has 22 heavy (non-hydrogen) atoms. The van der Waals surface area contributed by atoms with Crippen molar-refractivity contribution in [3.05, 3.63) is 69.9 Å². The van der Waals surface area contributed by atoms with E-state index in [1.165, 1.54) is 33.3 Å². The van der Waals surface area contributed by atoms with Crippen molar-refractivity contribution in [2.24, 2.45) is 0 Å². The average Bonchev–Trinajstić information content (AvgIpc) is 2.81. The van der Waals surface area contributed by atoms with Gasteiger partial charge < -0.3 is 10.3 Å². The van der Waals surface area contributed by atoms with Gasteiger partial charge in [-0.1, -0.05) is 35.4 Å². The number of aromatic amines is 1. The first-order valence-corrected chi connectivity index (χ1v) is 8.04. The SMILES string of the molecule is Cc1ccc2[nH]c(C)c(CCNCc3ccc(Cl)cc3)c2c1. The lowest BCUT2D eigenvalue weighted by Gasteiger charge is -2.06. The summed E-state index contributed by atoms with van der Waals surface area (Å²) in [5.74, 6) is 0. The van der Waals surface area contributed by atoms with Gasteiger partial charge in [-0.25, -0.2) is 0 Å². The standard InChI is InChI=1S/C19H21ClN2/c1-13-3-8-19-18(11-13)17(14(2)22-19)9-10-21-12-15-4-6-16(20)7-5-15/h3-8,11,21-22H,9-10,12H2,1-2H3. The number of aryl methyl sites for hydroxylation is 2. The quantitative estimate of drug-likeness (QED) is 0.652. The van der Waals surface area contributed by atoms with Crippen molar-refractivity contribution in [2.75, 3.05) is 6.54 Å². The second-order valence-electron chi connectivity index (χ2n) is 5.83. The van der Waals surface area contributed by atoms with Gasteiger partial charge in [0.15, 0.2) is 0 Å². The van der Waals surface area contributed by atoms with Crippen molar-refractivity contribution in [1.82, 2.24) is 10.3 Å². The van der Waals surface area contributed by atoms with Gasteiger partial charge in [0.2, 0.25) is 0 Å². The number of rotatable bonds is 5. The van der Waals surface area contributed by atoms with Crippen LogP contribution in [-0.4, -0.2) is 11.5 Å². The van der Waals surface area contributed by atoms with Crippen LogP contribution in [0.1, 0.15) is 22.4 Å². The fourth-order valence-corrected chi connectivity index (χ4v) is 2.99. The van der Waals surface area contributed by atoms with E-state index in [-0.39, 0.29) is 0 Å². The molecule has 0 bridgehead atoms. The minimum Gasteiger partial charge on any atom is -0.358 e. The molecule has 3 heteroatoms. The molecule has 0 amide bonds. The summed E-state index contributed by atoms with van der Waals surface area (Å²) >= 11 is 5.90. The maximum absolute atomic E-state index is 5.90. The highest BCUT2D eigenvalue weighted by atomic mass is 35.5. The molecule has 0 saturated carbocycles. The van der Waals surface area contributed by atoms with Crippen LogP contribution in [0.5, 0.6) is 0 Å². The maximum Gasteiger partial charge on any atom is 0.0459 e. The Morgan fingerprint density at radius 3 is 2.59 bits per heavy atom. The summed E-state index contributed by atoms with van der Waals surface area (Å²) in [5, 5.41) is 5.65. The second kappa shape index (κ2) is 6.55. The molecule has 0 spiro atoms. The van der Waals surface area contributed by atoms with Crippen molar-refractivity contribution in [3.8, 4) is 0 Å². The Labute approximate surface area is 136 Å². The largest absolute Gasteiger partial charge is 0.358 e. The molecule has 1 aromatic heterocycles. The predicted molar refractivity (Wildman–Crippen MR) is 94.6 cm³/mol. The van der Waals surface area contributed by atoms with Crippen molar-refractivity contribution in [3.63, 3.8) is 0 Å². The first kappa shape index (κ1) is 15.1. The van der Waals surface area contributed by atoms with E-state index < -0.39 is 0 Å². The Kier molecular flexibility index (Phi) is 4.51. The zero-order valence-corrected chi connectivity index (χ0v) is 13.8. The Balaban J connectivity index is 1.63. The van der Waals surface area contributed by atoms with Gasteiger partial charge in [0, 0.05) is 28.2 Å². The summed E-state index contributed by atoms with van der Waals surface area (Å²) in [4.78, 5) is 3.48. The lowest BCUT2D eigenvalue weighted by Crippen LogP contribution is -2.16. The molecule has 0 aliphatic rings. The number of H-pyrrole nitrogens is 1. The summed E-state index contributed by atoms with van der Waals surface area (Å²) < 4.78 is 0. The van der Waals surface area contributed by atoms with E-state index in [1.807, 2.05) is 12.1 Å². The van der Waals surface area contributed by atoms with Gasteiger partial charge in [0.05, 0.1) is 0 Å². The zero-order valence-electron chi connectivity index (χ0n) is 13.0. The van der Waals surface area contributed by atoms with Gasteiger partial charge in [-0.05, 0) is 62.2 Å². The van der Waals surface area contributed by atoms with Crippen molar-refractivity contribution < 1.29 is 0 Å². The van der Waals surface area contributed by atoms with E-state index in [2.05, 4.69) is 54.5 Å². The van der Waals surface area contributed by atoms with Crippen molar-refractivity contribution >= 4 is 22.5 Å². The van der Waals surface area contributed by atoms with Crippen molar-refractivity contribution in [2.45, 2.75) is 26.8 Å². The molecule has 0 saturated heterocycles. The molecule has 3 rings (SSSR count). The number of aromatic nitrogens is 1. The molecule has 1 heterocycles. The van der Waals surface area contributed by atoms with Crippen LogP contribution in [0.15, 0.2) is 42.5 Å². The number of hydrogen-bond donors (Lipinski definition) is 2. The lowest BCUT2D eigenvalue weighted by atomic mass is 10.1. The molecule has 0 aliphatic carbocycles. The normalized spacial score (nSPS) is 11.2. The smallest absolute Gasteiger partial charge is 0.0459 e. The molecule has 0 aliphatic heterocycles. The van der Waals surface area contributed by atoms with Crippen LogP contribution < -0.4 is 5.32 Å². The third-order valence-corrected chi connectivity index (χ3v) is 4.32. The molecule has 0 unspecified atom stereocenters. The second-order valence-corrected chi connectivity index (χ2v) is 6.27. The van der Waals surface area contributed by atoms with Crippen LogP contribution in [0.25, 0.3) is 10.9 Å². The van der Waals surface area contributed by atoms with Crippen LogP contribution in [0.4, 0.5) is 0 Å². The average molecular weight is 313 g/mol. The van der Waals surface area contributed by atoms with Crippen LogP contribution in [0, 0.1) is 13.8 Å². The molecular weight excluding hydrogens is 292 g/mol. The number of nitrogens with one attached hydrogen (secondary N) is 2. The maximum atomic E-state index is 5.90. The Bertz CT molecular complexity index is 772. The van der Waals surface area contributed by atoms with E-state index >= 15 is 0 Å². The summed E-state index contributed by atoms with van der Waals surface area (Å²) in [6.45, 7) is 6.14. The highest BCUT2D eigenvalue weighted by molar-refractivity contribution is 6.30.